The Morgan fingerprint density at radius 3 is 2.56 bits per heavy atom. The molecule has 0 aliphatic carbocycles. The molecule has 0 atom stereocenters. The van der Waals surface area contributed by atoms with Crippen LogP contribution in [0.2, 0.25) is 0 Å². The highest BCUT2D eigenvalue weighted by atomic mass is 32.2. The van der Waals surface area contributed by atoms with Crippen LogP contribution in [0.4, 0.5) is 0 Å². The monoisotopic (exact) mass is 382 g/mol. The van der Waals surface area contributed by atoms with Crippen molar-refractivity contribution in [3.05, 3.63) is 72.8 Å². The molecule has 4 aromatic rings. The number of imidazole rings is 2. The van der Waals surface area contributed by atoms with E-state index in [9.17, 15) is 8.42 Å². The van der Waals surface area contributed by atoms with Crippen molar-refractivity contribution in [1.82, 2.24) is 18.5 Å². The first kappa shape index (κ1) is 17.3. The minimum Gasteiger partial charge on any atom is -0.487 e. The standard InChI is InChI=1S/C19H18N4O3S/c1-2-27(24,25)23-18-11-7-6-10-17(18)21-19(23)22-12-15(20-14-22)13-26-16-8-4-3-5-9-16/h3-12,14H,2,13H2,1H3. The Morgan fingerprint density at radius 2 is 1.78 bits per heavy atom. The second-order valence-electron chi connectivity index (χ2n) is 5.94. The van der Waals surface area contributed by atoms with Crippen molar-refractivity contribution in [2.24, 2.45) is 0 Å². The van der Waals surface area contributed by atoms with Crippen LogP contribution in [-0.2, 0) is 16.6 Å². The smallest absolute Gasteiger partial charge is 0.241 e. The molecule has 0 amide bonds. The molecule has 2 aromatic carbocycles. The number of fused-ring (bicyclic) bond motifs is 1. The summed E-state index contributed by atoms with van der Waals surface area (Å²) in [6, 6.07) is 16.6. The molecule has 8 heteroatoms. The number of ether oxygens (including phenoxy) is 1. The average Bonchev–Trinajstić information content (AvgIpc) is 3.32. The molecule has 0 bridgehead atoms. The third-order valence-corrected chi connectivity index (χ3v) is 5.79. The molecule has 0 N–H and O–H groups in total. The van der Waals surface area contributed by atoms with Crippen LogP contribution in [0.15, 0.2) is 67.1 Å². The van der Waals surface area contributed by atoms with Gasteiger partial charge in [-0.1, -0.05) is 30.3 Å². The van der Waals surface area contributed by atoms with Crippen molar-refractivity contribution < 1.29 is 13.2 Å². The Hall–Kier alpha value is -3.13. The lowest BCUT2D eigenvalue weighted by Crippen LogP contribution is -2.18. The van der Waals surface area contributed by atoms with Gasteiger partial charge in [0.05, 0.1) is 22.5 Å². The zero-order valence-corrected chi connectivity index (χ0v) is 15.5. The van der Waals surface area contributed by atoms with Crippen LogP contribution in [0.1, 0.15) is 12.6 Å². The molecule has 0 aliphatic heterocycles. The topological polar surface area (TPSA) is 79.0 Å². The fraction of sp³-hybridized carbons (Fsp3) is 0.158. The van der Waals surface area contributed by atoms with Gasteiger partial charge >= 0.3 is 0 Å². The summed E-state index contributed by atoms with van der Waals surface area (Å²) in [6.07, 6.45) is 3.28. The molecule has 0 aliphatic rings. The quantitative estimate of drug-likeness (QED) is 0.512. The van der Waals surface area contributed by atoms with Crippen LogP contribution in [-0.4, -0.2) is 32.7 Å². The van der Waals surface area contributed by atoms with Gasteiger partial charge in [0.25, 0.3) is 0 Å². The Kier molecular flexibility index (Phi) is 4.41. The fourth-order valence-corrected chi connectivity index (χ4v) is 3.87. The van der Waals surface area contributed by atoms with E-state index < -0.39 is 10.0 Å². The molecular weight excluding hydrogens is 364 g/mol. The van der Waals surface area contributed by atoms with Crippen LogP contribution in [0.25, 0.3) is 17.0 Å². The summed E-state index contributed by atoms with van der Waals surface area (Å²) in [6.45, 7) is 1.89. The molecule has 27 heavy (non-hydrogen) atoms. The SMILES string of the molecule is CCS(=O)(=O)n1c(-n2cnc(COc3ccccc3)c2)nc2ccccc21. The van der Waals surface area contributed by atoms with Gasteiger partial charge in [0.1, 0.15) is 18.7 Å². The molecule has 0 radical (unpaired) electrons. The third kappa shape index (κ3) is 3.31. The number of rotatable bonds is 6. The first-order valence-electron chi connectivity index (χ1n) is 8.50. The molecule has 2 heterocycles. The minimum atomic E-state index is -3.53. The molecule has 0 unspecified atom stereocenters. The number of para-hydroxylation sites is 3. The van der Waals surface area contributed by atoms with Crippen LogP contribution in [0, 0.1) is 0 Å². The molecule has 0 fully saturated rings. The van der Waals surface area contributed by atoms with Crippen LogP contribution in [0.5, 0.6) is 5.75 Å². The Morgan fingerprint density at radius 1 is 1.04 bits per heavy atom. The van der Waals surface area contributed by atoms with Crippen LogP contribution in [0.3, 0.4) is 0 Å². The summed E-state index contributed by atoms with van der Waals surface area (Å²) in [4.78, 5) is 8.81. The van der Waals surface area contributed by atoms with Crippen molar-refractivity contribution in [1.29, 1.82) is 0 Å². The number of benzene rings is 2. The van der Waals surface area contributed by atoms with Crippen LogP contribution >= 0.6 is 0 Å². The van der Waals surface area contributed by atoms with E-state index in [4.69, 9.17) is 4.74 Å². The first-order chi connectivity index (χ1) is 13.1. The Bertz CT molecular complexity index is 1180. The summed E-state index contributed by atoms with van der Waals surface area (Å²) in [5.74, 6) is 1.00. The van der Waals surface area contributed by atoms with E-state index in [0.717, 1.165) is 5.75 Å². The summed E-state index contributed by atoms with van der Waals surface area (Å²) in [7, 11) is -3.53. The van der Waals surface area contributed by atoms with Gasteiger partial charge in [0.2, 0.25) is 16.0 Å². The van der Waals surface area contributed by atoms with Crippen molar-refractivity contribution in [2.45, 2.75) is 13.5 Å². The highest BCUT2D eigenvalue weighted by molar-refractivity contribution is 7.90. The summed E-state index contributed by atoms with van der Waals surface area (Å²) < 4.78 is 33.9. The number of aromatic nitrogens is 4. The average molecular weight is 382 g/mol. The summed E-state index contributed by atoms with van der Waals surface area (Å²) in [5.41, 5.74) is 1.83. The molecule has 7 nitrogen and oxygen atoms in total. The van der Waals surface area contributed by atoms with Crippen molar-refractivity contribution >= 4 is 21.1 Å². The molecule has 4 rings (SSSR count). The predicted octanol–water partition coefficient (Wildman–Crippen LogP) is 3.00. The lowest BCUT2D eigenvalue weighted by molar-refractivity contribution is 0.302. The molecule has 0 spiro atoms. The summed E-state index contributed by atoms with van der Waals surface area (Å²) in [5, 5.41) is 0. The van der Waals surface area contributed by atoms with E-state index >= 15 is 0 Å². The maximum absolute atomic E-state index is 12.7. The zero-order chi connectivity index (χ0) is 18.9. The molecule has 0 saturated heterocycles. The fourth-order valence-electron chi connectivity index (χ4n) is 2.78. The first-order valence-corrected chi connectivity index (χ1v) is 10.1. The van der Waals surface area contributed by atoms with Gasteiger partial charge in [0, 0.05) is 6.20 Å². The van der Waals surface area contributed by atoms with E-state index in [1.807, 2.05) is 36.4 Å². The van der Waals surface area contributed by atoms with E-state index in [-0.39, 0.29) is 18.3 Å². The normalized spacial score (nSPS) is 11.7. The molecule has 2 aromatic heterocycles. The van der Waals surface area contributed by atoms with Gasteiger partial charge in [0.15, 0.2) is 0 Å². The molecule has 0 saturated carbocycles. The van der Waals surface area contributed by atoms with Gasteiger partial charge < -0.3 is 4.74 Å². The van der Waals surface area contributed by atoms with E-state index in [0.29, 0.717) is 16.7 Å². The number of hydrogen-bond donors (Lipinski definition) is 0. The van der Waals surface area contributed by atoms with E-state index in [1.54, 1.807) is 42.2 Å². The van der Waals surface area contributed by atoms with Crippen molar-refractivity contribution in [3.63, 3.8) is 0 Å². The second kappa shape index (κ2) is 6.88. The Balaban J connectivity index is 1.71. The summed E-state index contributed by atoms with van der Waals surface area (Å²) >= 11 is 0. The lowest BCUT2D eigenvalue weighted by atomic mass is 10.3. The molecular formula is C19H18N4O3S. The van der Waals surface area contributed by atoms with Crippen molar-refractivity contribution in [2.75, 3.05) is 5.75 Å². The largest absolute Gasteiger partial charge is 0.487 e. The van der Waals surface area contributed by atoms with Crippen LogP contribution < -0.4 is 4.74 Å². The third-order valence-electron chi connectivity index (χ3n) is 4.14. The Labute approximate surface area is 156 Å². The van der Waals surface area contributed by atoms with Gasteiger partial charge in [-0.3, -0.25) is 4.57 Å². The van der Waals surface area contributed by atoms with E-state index in [2.05, 4.69) is 9.97 Å². The highest BCUT2D eigenvalue weighted by Gasteiger charge is 2.22. The lowest BCUT2D eigenvalue weighted by Gasteiger charge is -2.08. The van der Waals surface area contributed by atoms with Gasteiger partial charge in [-0.05, 0) is 31.2 Å². The maximum Gasteiger partial charge on any atom is 0.241 e. The second-order valence-corrected chi connectivity index (χ2v) is 8.05. The predicted molar refractivity (Wildman–Crippen MR) is 102 cm³/mol. The van der Waals surface area contributed by atoms with E-state index in [1.165, 1.54) is 3.97 Å². The van der Waals surface area contributed by atoms with Gasteiger partial charge in [-0.2, -0.15) is 0 Å². The number of nitrogens with zero attached hydrogens (tertiary/aromatic N) is 4. The maximum atomic E-state index is 12.7. The van der Waals surface area contributed by atoms with Gasteiger partial charge in [-0.25, -0.2) is 22.4 Å². The molecule has 138 valence electrons. The van der Waals surface area contributed by atoms with Gasteiger partial charge in [-0.15, -0.1) is 0 Å². The van der Waals surface area contributed by atoms with Crippen molar-refractivity contribution in [3.8, 4) is 11.7 Å². The highest BCUT2D eigenvalue weighted by Crippen LogP contribution is 2.22. The number of hydrogen-bond acceptors (Lipinski definition) is 5. The zero-order valence-electron chi connectivity index (χ0n) is 14.7. The minimum absolute atomic E-state index is 0.0287.